The van der Waals surface area contributed by atoms with E-state index >= 15 is 0 Å². The maximum absolute atomic E-state index is 3.80. The van der Waals surface area contributed by atoms with E-state index < -0.39 is 0 Å². The van der Waals surface area contributed by atoms with Gasteiger partial charge in [-0.15, -0.1) is 0 Å². The highest BCUT2D eigenvalue weighted by molar-refractivity contribution is 5.18. The summed E-state index contributed by atoms with van der Waals surface area (Å²) in [5.41, 5.74) is 1.60. The molecule has 1 rings (SSSR count). The van der Waals surface area contributed by atoms with Crippen molar-refractivity contribution in [1.82, 2.24) is 5.32 Å². The van der Waals surface area contributed by atoms with Crippen molar-refractivity contribution in [2.24, 2.45) is 0 Å². The van der Waals surface area contributed by atoms with Crippen molar-refractivity contribution < 1.29 is 0 Å². The van der Waals surface area contributed by atoms with E-state index in [1.807, 2.05) is 0 Å². The first-order chi connectivity index (χ1) is 11.0. The van der Waals surface area contributed by atoms with Crippen LogP contribution in [0.1, 0.15) is 104 Å². The Kier molecular flexibility index (Phi) is 10.3. The predicted octanol–water partition coefficient (Wildman–Crippen LogP) is 7.04. The fourth-order valence-electron chi connectivity index (χ4n) is 3.36. The van der Waals surface area contributed by atoms with Gasteiger partial charge in [-0.25, -0.2) is 0 Å². The molecule has 1 unspecified atom stereocenters. The van der Waals surface area contributed by atoms with Crippen molar-refractivity contribution in [1.29, 1.82) is 0 Å². The molecular formula is C22H39N. The normalized spacial score (nSPS) is 13.2. The van der Waals surface area contributed by atoms with E-state index in [0.717, 1.165) is 0 Å². The van der Waals surface area contributed by atoms with Crippen LogP contribution < -0.4 is 5.32 Å². The molecule has 1 nitrogen and oxygen atoms in total. The second-order valence-corrected chi connectivity index (χ2v) is 7.74. The zero-order valence-corrected chi connectivity index (χ0v) is 16.0. The molecule has 1 aromatic rings. The van der Waals surface area contributed by atoms with E-state index in [1.165, 1.54) is 69.8 Å². The van der Waals surface area contributed by atoms with Crippen LogP contribution in [0, 0.1) is 0 Å². The van der Waals surface area contributed by atoms with Crippen molar-refractivity contribution in [3.63, 3.8) is 0 Å². The largest absolute Gasteiger partial charge is 0.305 e. The Balaban J connectivity index is 2.11. The Hall–Kier alpha value is -0.820. The monoisotopic (exact) mass is 317 g/mol. The first-order valence-corrected chi connectivity index (χ1v) is 9.88. The summed E-state index contributed by atoms with van der Waals surface area (Å²) in [6, 6.07) is 11.2. The molecule has 23 heavy (non-hydrogen) atoms. The Morgan fingerprint density at radius 3 is 1.91 bits per heavy atom. The molecule has 0 aliphatic carbocycles. The van der Waals surface area contributed by atoms with Crippen molar-refractivity contribution in [3.05, 3.63) is 35.9 Å². The number of nitrogens with one attached hydrogen (secondary N) is 1. The van der Waals surface area contributed by atoms with Crippen LogP contribution in [0.15, 0.2) is 30.3 Å². The minimum absolute atomic E-state index is 0.219. The Bertz CT molecular complexity index is 382. The highest BCUT2D eigenvalue weighted by Gasteiger charge is 2.19. The summed E-state index contributed by atoms with van der Waals surface area (Å²) < 4.78 is 0. The number of unbranched alkanes of at least 4 members (excludes halogenated alkanes) is 8. The number of rotatable bonds is 13. The van der Waals surface area contributed by atoms with Gasteiger partial charge < -0.3 is 5.32 Å². The van der Waals surface area contributed by atoms with Crippen LogP contribution >= 0.6 is 0 Å². The van der Waals surface area contributed by atoms with E-state index in [2.05, 4.69) is 63.3 Å². The van der Waals surface area contributed by atoms with Crippen LogP contribution in [-0.2, 0) is 0 Å². The molecule has 0 saturated heterocycles. The maximum Gasteiger partial charge on any atom is 0.0296 e. The molecule has 0 radical (unpaired) electrons. The quantitative estimate of drug-likeness (QED) is 0.385. The van der Waals surface area contributed by atoms with Gasteiger partial charge in [0.2, 0.25) is 0 Å². The molecule has 1 N–H and O–H groups in total. The molecule has 132 valence electrons. The molecule has 0 bridgehead atoms. The standard InChI is InChI=1S/C22H39N/c1-5-6-7-8-9-10-11-12-16-19-22(3,4)23-20(2)21-17-14-13-15-18-21/h13-15,17-18,20,23H,5-12,16,19H2,1-4H3. The average molecular weight is 318 g/mol. The van der Waals surface area contributed by atoms with Crippen LogP contribution in [-0.4, -0.2) is 5.54 Å². The Labute approximate surface area is 145 Å². The number of hydrogen-bond donors (Lipinski definition) is 1. The van der Waals surface area contributed by atoms with Gasteiger partial charge in [0.05, 0.1) is 0 Å². The SMILES string of the molecule is CCCCCCCCCCCC(C)(C)NC(C)c1ccccc1. The third-order valence-corrected chi connectivity index (χ3v) is 4.81. The summed E-state index contributed by atoms with van der Waals surface area (Å²) in [5, 5.41) is 3.80. The summed E-state index contributed by atoms with van der Waals surface area (Å²) in [6.07, 6.45) is 13.9. The summed E-state index contributed by atoms with van der Waals surface area (Å²) in [7, 11) is 0. The van der Waals surface area contributed by atoms with Gasteiger partial charge in [0, 0.05) is 11.6 Å². The van der Waals surface area contributed by atoms with Gasteiger partial charge in [0.1, 0.15) is 0 Å². The molecule has 0 amide bonds. The number of benzene rings is 1. The summed E-state index contributed by atoms with van der Waals surface area (Å²) in [4.78, 5) is 0. The molecule has 1 aromatic carbocycles. The first kappa shape index (κ1) is 20.2. The minimum Gasteiger partial charge on any atom is -0.305 e. The van der Waals surface area contributed by atoms with E-state index in [9.17, 15) is 0 Å². The van der Waals surface area contributed by atoms with Crippen LogP contribution in [0.25, 0.3) is 0 Å². The van der Waals surface area contributed by atoms with Gasteiger partial charge in [0.15, 0.2) is 0 Å². The molecular weight excluding hydrogens is 278 g/mol. The maximum atomic E-state index is 3.80. The Morgan fingerprint density at radius 2 is 1.35 bits per heavy atom. The lowest BCUT2D eigenvalue weighted by molar-refractivity contribution is 0.314. The zero-order valence-electron chi connectivity index (χ0n) is 16.0. The number of hydrogen-bond acceptors (Lipinski definition) is 1. The van der Waals surface area contributed by atoms with Crippen LogP contribution in [0.2, 0.25) is 0 Å². The van der Waals surface area contributed by atoms with Gasteiger partial charge in [-0.05, 0) is 32.8 Å². The summed E-state index contributed by atoms with van der Waals surface area (Å²) >= 11 is 0. The average Bonchev–Trinajstić information content (AvgIpc) is 2.53. The predicted molar refractivity (Wildman–Crippen MR) is 104 cm³/mol. The molecule has 1 atom stereocenters. The van der Waals surface area contributed by atoms with Gasteiger partial charge in [-0.3, -0.25) is 0 Å². The summed E-state index contributed by atoms with van der Waals surface area (Å²) in [5.74, 6) is 0. The highest BCUT2D eigenvalue weighted by atomic mass is 15.0. The lowest BCUT2D eigenvalue weighted by atomic mass is 9.94. The van der Waals surface area contributed by atoms with Gasteiger partial charge in [-0.2, -0.15) is 0 Å². The fourth-order valence-corrected chi connectivity index (χ4v) is 3.36. The molecule has 0 aliphatic rings. The van der Waals surface area contributed by atoms with E-state index in [1.54, 1.807) is 0 Å². The van der Waals surface area contributed by atoms with Crippen molar-refractivity contribution >= 4 is 0 Å². The van der Waals surface area contributed by atoms with E-state index in [-0.39, 0.29) is 5.54 Å². The fraction of sp³-hybridized carbons (Fsp3) is 0.727. The third-order valence-electron chi connectivity index (χ3n) is 4.81. The second-order valence-electron chi connectivity index (χ2n) is 7.74. The highest BCUT2D eigenvalue weighted by Crippen LogP contribution is 2.21. The molecule has 0 heterocycles. The topological polar surface area (TPSA) is 12.0 Å². The van der Waals surface area contributed by atoms with E-state index in [4.69, 9.17) is 0 Å². The molecule has 0 fully saturated rings. The zero-order chi connectivity index (χ0) is 17.0. The lowest BCUT2D eigenvalue weighted by Gasteiger charge is -2.30. The minimum atomic E-state index is 0.219. The molecule has 0 aliphatic heterocycles. The molecule has 0 saturated carbocycles. The van der Waals surface area contributed by atoms with Crippen LogP contribution in [0.4, 0.5) is 0 Å². The van der Waals surface area contributed by atoms with Crippen molar-refractivity contribution in [3.8, 4) is 0 Å². The van der Waals surface area contributed by atoms with Crippen LogP contribution in [0.3, 0.4) is 0 Å². The molecule has 0 aromatic heterocycles. The smallest absolute Gasteiger partial charge is 0.0296 e. The van der Waals surface area contributed by atoms with E-state index in [0.29, 0.717) is 6.04 Å². The van der Waals surface area contributed by atoms with Crippen molar-refractivity contribution in [2.45, 2.75) is 103 Å². The van der Waals surface area contributed by atoms with Gasteiger partial charge in [-0.1, -0.05) is 95.0 Å². The Morgan fingerprint density at radius 1 is 0.826 bits per heavy atom. The van der Waals surface area contributed by atoms with Crippen molar-refractivity contribution in [2.75, 3.05) is 0 Å². The van der Waals surface area contributed by atoms with Gasteiger partial charge in [0.25, 0.3) is 0 Å². The summed E-state index contributed by atoms with van der Waals surface area (Å²) in [6.45, 7) is 9.25. The molecule has 1 heteroatoms. The third kappa shape index (κ3) is 9.81. The lowest BCUT2D eigenvalue weighted by Crippen LogP contribution is -2.40. The second kappa shape index (κ2) is 11.7. The first-order valence-electron chi connectivity index (χ1n) is 9.88. The molecule has 0 spiro atoms. The van der Waals surface area contributed by atoms with Gasteiger partial charge >= 0.3 is 0 Å². The van der Waals surface area contributed by atoms with Crippen LogP contribution in [0.5, 0.6) is 0 Å².